The summed E-state index contributed by atoms with van der Waals surface area (Å²) in [5, 5.41) is 12.4. The lowest BCUT2D eigenvalue weighted by Gasteiger charge is -2.12. The van der Waals surface area contributed by atoms with Crippen LogP contribution in [0.15, 0.2) is 12.1 Å². The summed E-state index contributed by atoms with van der Waals surface area (Å²) in [7, 11) is 1.55. The Kier molecular flexibility index (Phi) is 5.55. The van der Waals surface area contributed by atoms with Crippen molar-refractivity contribution >= 4 is 29.1 Å². The van der Waals surface area contributed by atoms with Gasteiger partial charge in [0, 0.05) is 17.6 Å². The first-order chi connectivity index (χ1) is 8.08. The Bertz CT molecular complexity index is 410. The van der Waals surface area contributed by atoms with Crippen LogP contribution in [-0.4, -0.2) is 24.7 Å². The third-order valence-electron chi connectivity index (χ3n) is 2.11. The fourth-order valence-corrected chi connectivity index (χ4v) is 1.85. The molecule has 0 spiro atoms. The van der Waals surface area contributed by atoms with Gasteiger partial charge in [-0.25, -0.2) is 0 Å². The zero-order valence-electron chi connectivity index (χ0n) is 9.30. The third-order valence-corrected chi connectivity index (χ3v) is 2.61. The molecule has 0 heterocycles. The molecule has 1 amide bonds. The summed E-state index contributed by atoms with van der Waals surface area (Å²) < 4.78 is 5.37. The van der Waals surface area contributed by atoms with E-state index in [2.05, 4.69) is 5.32 Å². The highest BCUT2D eigenvalue weighted by Gasteiger charge is 2.10. The Morgan fingerprint density at radius 2 is 2.18 bits per heavy atom. The summed E-state index contributed by atoms with van der Waals surface area (Å²) in [4.78, 5) is 11.0. The Hall–Kier alpha value is -0.970. The number of carbonyl (C=O) groups is 1. The number of amides is 1. The molecule has 1 aromatic rings. The highest BCUT2D eigenvalue weighted by molar-refractivity contribution is 6.35. The average molecular weight is 278 g/mol. The maximum absolute atomic E-state index is 11.0. The molecule has 0 atom stereocenters. The average Bonchev–Trinajstić information content (AvgIpc) is 2.30. The Labute approximate surface area is 109 Å². The van der Waals surface area contributed by atoms with Crippen LogP contribution in [0.4, 0.5) is 0 Å². The molecule has 1 rings (SSSR count). The standard InChI is InChI=1S/C11H13Cl2NO3/c1-14-10(16)2-3-17-11-7(6-15)4-8(12)5-9(11)13/h4-5,15H,2-3,6H2,1H3,(H,14,16). The van der Waals surface area contributed by atoms with E-state index < -0.39 is 0 Å². The molecule has 0 radical (unpaired) electrons. The van der Waals surface area contributed by atoms with Crippen LogP contribution in [0.5, 0.6) is 5.75 Å². The van der Waals surface area contributed by atoms with Crippen LogP contribution >= 0.6 is 23.2 Å². The number of hydrogen-bond acceptors (Lipinski definition) is 3. The minimum atomic E-state index is -0.227. The second-order valence-corrected chi connectivity index (χ2v) is 4.15. The van der Waals surface area contributed by atoms with Gasteiger partial charge in [-0.1, -0.05) is 23.2 Å². The van der Waals surface area contributed by atoms with E-state index in [1.54, 1.807) is 13.1 Å². The first kappa shape index (κ1) is 14.1. The highest BCUT2D eigenvalue weighted by Crippen LogP contribution is 2.32. The Morgan fingerprint density at radius 3 is 2.76 bits per heavy atom. The van der Waals surface area contributed by atoms with Crippen molar-refractivity contribution in [3.63, 3.8) is 0 Å². The Balaban J connectivity index is 2.73. The van der Waals surface area contributed by atoms with E-state index in [0.717, 1.165) is 0 Å². The molecule has 0 unspecified atom stereocenters. The van der Waals surface area contributed by atoms with Crippen LogP contribution in [0.25, 0.3) is 0 Å². The third kappa shape index (κ3) is 4.07. The lowest BCUT2D eigenvalue weighted by molar-refractivity contribution is -0.121. The fraction of sp³-hybridized carbons (Fsp3) is 0.364. The first-order valence-corrected chi connectivity index (χ1v) is 5.76. The molecule has 0 saturated carbocycles. The number of nitrogens with one attached hydrogen (secondary N) is 1. The van der Waals surface area contributed by atoms with E-state index in [1.165, 1.54) is 6.07 Å². The number of halogens is 2. The number of hydrogen-bond donors (Lipinski definition) is 2. The van der Waals surface area contributed by atoms with Gasteiger partial charge in [0.05, 0.1) is 24.7 Å². The summed E-state index contributed by atoms with van der Waals surface area (Å²) in [5.74, 6) is 0.239. The highest BCUT2D eigenvalue weighted by atomic mass is 35.5. The molecule has 0 aromatic heterocycles. The summed E-state index contributed by atoms with van der Waals surface area (Å²) in [6, 6.07) is 3.10. The van der Waals surface area contributed by atoms with Crippen LogP contribution in [0.3, 0.4) is 0 Å². The van der Waals surface area contributed by atoms with Crippen molar-refractivity contribution in [3.8, 4) is 5.75 Å². The molecular weight excluding hydrogens is 265 g/mol. The van der Waals surface area contributed by atoms with Gasteiger partial charge >= 0.3 is 0 Å². The smallest absolute Gasteiger partial charge is 0.223 e. The van der Waals surface area contributed by atoms with E-state index >= 15 is 0 Å². The first-order valence-electron chi connectivity index (χ1n) is 5.00. The van der Waals surface area contributed by atoms with Gasteiger partial charge in [-0.05, 0) is 12.1 Å². The predicted molar refractivity (Wildman–Crippen MR) is 66.6 cm³/mol. The summed E-state index contributed by atoms with van der Waals surface area (Å²) >= 11 is 11.7. The second kappa shape index (κ2) is 6.69. The minimum Gasteiger partial charge on any atom is -0.491 e. The number of aliphatic hydroxyl groups is 1. The van der Waals surface area contributed by atoms with Gasteiger partial charge < -0.3 is 15.2 Å². The molecule has 6 heteroatoms. The molecule has 17 heavy (non-hydrogen) atoms. The van der Waals surface area contributed by atoms with E-state index in [-0.39, 0.29) is 25.5 Å². The van der Waals surface area contributed by atoms with Crippen LogP contribution in [0, 0.1) is 0 Å². The van der Waals surface area contributed by atoms with Gasteiger partial charge in [0.2, 0.25) is 5.91 Å². The van der Waals surface area contributed by atoms with Gasteiger partial charge in [0.1, 0.15) is 5.75 Å². The molecule has 0 aliphatic carbocycles. The second-order valence-electron chi connectivity index (χ2n) is 3.31. The quantitative estimate of drug-likeness (QED) is 0.866. The molecule has 0 aliphatic heterocycles. The van der Waals surface area contributed by atoms with Gasteiger partial charge in [-0.2, -0.15) is 0 Å². The van der Waals surface area contributed by atoms with Crippen LogP contribution in [-0.2, 0) is 11.4 Å². The molecule has 94 valence electrons. The molecule has 0 bridgehead atoms. The van der Waals surface area contributed by atoms with Crippen LogP contribution < -0.4 is 10.1 Å². The van der Waals surface area contributed by atoms with Crippen molar-refractivity contribution in [3.05, 3.63) is 27.7 Å². The van der Waals surface area contributed by atoms with E-state index in [0.29, 0.717) is 21.4 Å². The lowest BCUT2D eigenvalue weighted by Crippen LogP contribution is -2.20. The topological polar surface area (TPSA) is 58.6 Å². The largest absolute Gasteiger partial charge is 0.491 e. The maximum Gasteiger partial charge on any atom is 0.223 e. The fourth-order valence-electron chi connectivity index (χ4n) is 1.26. The molecular formula is C11H13Cl2NO3. The number of aliphatic hydroxyl groups excluding tert-OH is 1. The zero-order chi connectivity index (χ0) is 12.8. The van der Waals surface area contributed by atoms with Crippen molar-refractivity contribution in [1.29, 1.82) is 0 Å². The van der Waals surface area contributed by atoms with E-state index in [4.69, 9.17) is 33.0 Å². The summed E-state index contributed by atoms with van der Waals surface area (Å²) in [6.07, 6.45) is 0.223. The predicted octanol–water partition coefficient (Wildman–Crippen LogP) is 2.00. The van der Waals surface area contributed by atoms with Crippen molar-refractivity contribution < 1.29 is 14.6 Å². The van der Waals surface area contributed by atoms with Crippen molar-refractivity contribution in [2.75, 3.05) is 13.7 Å². The zero-order valence-corrected chi connectivity index (χ0v) is 10.8. The maximum atomic E-state index is 11.0. The van der Waals surface area contributed by atoms with Crippen LogP contribution in [0.2, 0.25) is 10.0 Å². The summed E-state index contributed by atoms with van der Waals surface area (Å²) in [5.41, 5.74) is 0.499. The number of ether oxygens (including phenoxy) is 1. The molecule has 4 nitrogen and oxygen atoms in total. The number of benzene rings is 1. The monoisotopic (exact) mass is 277 g/mol. The minimum absolute atomic E-state index is 0.124. The molecule has 2 N–H and O–H groups in total. The molecule has 0 aliphatic rings. The Morgan fingerprint density at radius 1 is 1.47 bits per heavy atom. The SMILES string of the molecule is CNC(=O)CCOc1c(Cl)cc(Cl)cc1CO. The number of rotatable bonds is 5. The van der Waals surface area contributed by atoms with Gasteiger partial charge in [-0.15, -0.1) is 0 Å². The van der Waals surface area contributed by atoms with Crippen molar-refractivity contribution in [2.24, 2.45) is 0 Å². The van der Waals surface area contributed by atoms with Crippen LogP contribution in [0.1, 0.15) is 12.0 Å². The van der Waals surface area contributed by atoms with E-state index in [9.17, 15) is 4.79 Å². The molecule has 1 aromatic carbocycles. The van der Waals surface area contributed by atoms with E-state index in [1.807, 2.05) is 0 Å². The lowest BCUT2D eigenvalue weighted by atomic mass is 10.2. The van der Waals surface area contributed by atoms with Crippen molar-refractivity contribution in [2.45, 2.75) is 13.0 Å². The summed E-state index contributed by atoms with van der Waals surface area (Å²) in [6.45, 7) is -0.0381. The van der Waals surface area contributed by atoms with Gasteiger partial charge in [0.15, 0.2) is 0 Å². The van der Waals surface area contributed by atoms with Gasteiger partial charge in [0.25, 0.3) is 0 Å². The number of carbonyl (C=O) groups excluding carboxylic acids is 1. The normalized spacial score (nSPS) is 10.1. The van der Waals surface area contributed by atoms with Crippen molar-refractivity contribution in [1.82, 2.24) is 5.32 Å². The van der Waals surface area contributed by atoms with Gasteiger partial charge in [-0.3, -0.25) is 4.79 Å². The molecule has 0 saturated heterocycles. The molecule has 0 fully saturated rings.